The van der Waals surface area contributed by atoms with E-state index < -0.39 is 16.9 Å². The Morgan fingerprint density at radius 2 is 1.34 bits per heavy atom. The van der Waals surface area contributed by atoms with Gasteiger partial charge in [-0.15, -0.1) is 0 Å². The summed E-state index contributed by atoms with van der Waals surface area (Å²) in [5.41, 5.74) is 1.06. The van der Waals surface area contributed by atoms with Crippen molar-refractivity contribution >= 4 is 46.3 Å². The monoisotopic (exact) mass is 410 g/mol. The molecule has 0 spiro atoms. The number of nitrogens with zero attached hydrogens (tertiary/aromatic N) is 1. The van der Waals surface area contributed by atoms with Crippen molar-refractivity contribution in [1.29, 1.82) is 0 Å². The third kappa shape index (κ3) is 5.30. The van der Waals surface area contributed by atoms with Gasteiger partial charge in [-0.1, -0.05) is 29.8 Å². The normalized spacial score (nSPS) is 10.1. The SMILES string of the molecule is O=C(Nc1ccccc1)Nc1ccc(NC(=O)c2cc(Cl)ccc2[N+](=O)[O-])cc1. The number of carbonyl (C=O) groups excluding carboxylic acids is 2. The fourth-order valence-electron chi connectivity index (χ4n) is 2.50. The van der Waals surface area contributed by atoms with E-state index in [2.05, 4.69) is 16.0 Å². The highest BCUT2D eigenvalue weighted by Crippen LogP contribution is 2.24. The van der Waals surface area contributed by atoms with Crippen LogP contribution in [0.1, 0.15) is 10.4 Å². The third-order valence-corrected chi connectivity index (χ3v) is 4.07. The molecule has 0 aliphatic heterocycles. The molecule has 0 saturated carbocycles. The van der Waals surface area contributed by atoms with Crippen LogP contribution in [-0.2, 0) is 0 Å². The molecule has 3 aromatic rings. The van der Waals surface area contributed by atoms with Gasteiger partial charge in [0.15, 0.2) is 0 Å². The van der Waals surface area contributed by atoms with Crippen LogP contribution < -0.4 is 16.0 Å². The first-order valence-corrected chi connectivity index (χ1v) is 8.78. The molecule has 0 fully saturated rings. The Balaban J connectivity index is 1.65. The Kier molecular flexibility index (Phi) is 6.06. The van der Waals surface area contributed by atoms with Crippen molar-refractivity contribution in [2.75, 3.05) is 16.0 Å². The molecule has 0 atom stereocenters. The van der Waals surface area contributed by atoms with E-state index in [9.17, 15) is 19.7 Å². The van der Waals surface area contributed by atoms with E-state index >= 15 is 0 Å². The van der Waals surface area contributed by atoms with E-state index in [-0.39, 0.29) is 16.3 Å². The fourth-order valence-corrected chi connectivity index (χ4v) is 2.67. The number of nitro groups is 1. The van der Waals surface area contributed by atoms with Gasteiger partial charge in [-0.3, -0.25) is 14.9 Å². The predicted molar refractivity (Wildman–Crippen MR) is 112 cm³/mol. The zero-order valence-corrected chi connectivity index (χ0v) is 15.6. The standard InChI is InChI=1S/C20H15ClN4O4/c21-13-6-11-18(25(28)29)17(12-13)19(26)22-15-7-9-16(10-8-15)24-20(27)23-14-4-2-1-3-5-14/h1-12H,(H,22,26)(H2,23,24,27). The van der Waals surface area contributed by atoms with Gasteiger partial charge in [0.2, 0.25) is 0 Å². The Hall–Kier alpha value is -3.91. The first-order chi connectivity index (χ1) is 13.9. The first-order valence-electron chi connectivity index (χ1n) is 8.41. The molecule has 0 bridgehead atoms. The van der Waals surface area contributed by atoms with Crippen LogP contribution >= 0.6 is 11.6 Å². The van der Waals surface area contributed by atoms with E-state index in [4.69, 9.17) is 11.6 Å². The number of amides is 3. The van der Waals surface area contributed by atoms with Crippen molar-refractivity contribution in [2.24, 2.45) is 0 Å². The summed E-state index contributed by atoms with van der Waals surface area (Å²) in [6.45, 7) is 0. The van der Waals surface area contributed by atoms with E-state index in [1.54, 1.807) is 48.5 Å². The van der Waals surface area contributed by atoms with Crippen molar-refractivity contribution in [1.82, 2.24) is 0 Å². The lowest BCUT2D eigenvalue weighted by molar-refractivity contribution is -0.385. The van der Waals surface area contributed by atoms with Gasteiger partial charge < -0.3 is 16.0 Å². The predicted octanol–water partition coefficient (Wildman–Crippen LogP) is 5.14. The van der Waals surface area contributed by atoms with Crippen LogP contribution in [0, 0.1) is 10.1 Å². The highest BCUT2D eigenvalue weighted by molar-refractivity contribution is 6.31. The maximum atomic E-state index is 12.4. The second-order valence-electron chi connectivity index (χ2n) is 5.90. The van der Waals surface area contributed by atoms with Crippen LogP contribution in [0.2, 0.25) is 5.02 Å². The molecule has 29 heavy (non-hydrogen) atoms. The minimum atomic E-state index is -0.665. The average Bonchev–Trinajstić information content (AvgIpc) is 2.70. The van der Waals surface area contributed by atoms with Gasteiger partial charge in [-0.05, 0) is 48.5 Å². The second kappa shape index (κ2) is 8.85. The number of carbonyl (C=O) groups is 2. The third-order valence-electron chi connectivity index (χ3n) is 3.83. The van der Waals surface area contributed by atoms with Crippen molar-refractivity contribution in [3.05, 3.63) is 93.5 Å². The van der Waals surface area contributed by atoms with Gasteiger partial charge in [0, 0.05) is 28.2 Å². The van der Waals surface area contributed by atoms with Crippen molar-refractivity contribution < 1.29 is 14.5 Å². The highest BCUT2D eigenvalue weighted by Gasteiger charge is 2.20. The summed E-state index contributed by atoms with van der Waals surface area (Å²) in [6.07, 6.45) is 0. The molecule has 9 heteroatoms. The maximum absolute atomic E-state index is 12.4. The summed E-state index contributed by atoms with van der Waals surface area (Å²) in [6, 6.07) is 18.6. The van der Waals surface area contributed by atoms with Gasteiger partial charge in [-0.2, -0.15) is 0 Å². The number of para-hydroxylation sites is 1. The molecule has 0 heterocycles. The Labute approximate surface area is 170 Å². The summed E-state index contributed by atoms with van der Waals surface area (Å²) in [5.74, 6) is -0.665. The van der Waals surface area contributed by atoms with Crippen LogP contribution in [0.25, 0.3) is 0 Å². The molecule has 0 radical (unpaired) electrons. The number of urea groups is 1. The molecular formula is C20H15ClN4O4. The molecule has 3 N–H and O–H groups in total. The summed E-state index contributed by atoms with van der Waals surface area (Å²) in [4.78, 5) is 34.9. The first kappa shape index (κ1) is 19.8. The number of rotatable bonds is 5. The summed E-state index contributed by atoms with van der Waals surface area (Å²) >= 11 is 5.85. The van der Waals surface area contributed by atoms with E-state index in [1.807, 2.05) is 6.07 Å². The van der Waals surface area contributed by atoms with Gasteiger partial charge in [0.25, 0.3) is 11.6 Å². The fraction of sp³-hybridized carbons (Fsp3) is 0. The lowest BCUT2D eigenvalue weighted by atomic mass is 10.1. The number of hydrogen-bond donors (Lipinski definition) is 3. The van der Waals surface area contributed by atoms with Crippen LogP contribution in [0.3, 0.4) is 0 Å². The lowest BCUT2D eigenvalue weighted by Gasteiger charge is -2.09. The zero-order valence-electron chi connectivity index (χ0n) is 14.9. The number of halogens is 1. The van der Waals surface area contributed by atoms with Crippen LogP contribution in [-0.4, -0.2) is 16.9 Å². The molecule has 8 nitrogen and oxygen atoms in total. The lowest BCUT2D eigenvalue weighted by Crippen LogP contribution is -2.19. The molecule has 0 aliphatic rings. The second-order valence-corrected chi connectivity index (χ2v) is 6.33. The molecule has 0 saturated heterocycles. The van der Waals surface area contributed by atoms with E-state index in [1.165, 1.54) is 18.2 Å². The van der Waals surface area contributed by atoms with Gasteiger partial charge in [0.05, 0.1) is 4.92 Å². The Bertz CT molecular complexity index is 1060. The van der Waals surface area contributed by atoms with E-state index in [0.29, 0.717) is 17.1 Å². The Morgan fingerprint density at radius 1 is 0.793 bits per heavy atom. The number of nitrogens with one attached hydrogen (secondary N) is 3. The molecule has 3 rings (SSSR count). The maximum Gasteiger partial charge on any atom is 0.323 e. The smallest absolute Gasteiger partial charge is 0.322 e. The van der Waals surface area contributed by atoms with Gasteiger partial charge in [-0.25, -0.2) is 4.79 Å². The number of anilines is 3. The highest BCUT2D eigenvalue weighted by atomic mass is 35.5. The quantitative estimate of drug-likeness (QED) is 0.399. The van der Waals surface area contributed by atoms with E-state index in [0.717, 1.165) is 0 Å². The largest absolute Gasteiger partial charge is 0.323 e. The molecular weight excluding hydrogens is 396 g/mol. The summed E-state index contributed by atoms with van der Waals surface area (Å²) in [5, 5.41) is 19.2. The molecule has 3 amide bonds. The minimum absolute atomic E-state index is 0.146. The van der Waals surface area contributed by atoms with Crippen LogP contribution in [0.15, 0.2) is 72.8 Å². The number of nitro benzene ring substituents is 1. The summed E-state index contributed by atoms with van der Waals surface area (Å²) < 4.78 is 0. The van der Waals surface area contributed by atoms with Gasteiger partial charge in [0.1, 0.15) is 5.56 Å². The van der Waals surface area contributed by atoms with Crippen LogP contribution in [0.5, 0.6) is 0 Å². The van der Waals surface area contributed by atoms with Crippen molar-refractivity contribution in [3.8, 4) is 0 Å². The Morgan fingerprint density at radius 3 is 1.93 bits per heavy atom. The zero-order chi connectivity index (χ0) is 20.8. The van der Waals surface area contributed by atoms with Crippen LogP contribution in [0.4, 0.5) is 27.5 Å². The molecule has 0 unspecified atom stereocenters. The van der Waals surface area contributed by atoms with Crippen molar-refractivity contribution in [2.45, 2.75) is 0 Å². The molecule has 0 aromatic heterocycles. The number of benzene rings is 3. The average molecular weight is 411 g/mol. The minimum Gasteiger partial charge on any atom is -0.322 e. The molecule has 146 valence electrons. The van der Waals surface area contributed by atoms with Crippen molar-refractivity contribution in [3.63, 3.8) is 0 Å². The molecule has 3 aromatic carbocycles. The number of hydrogen-bond acceptors (Lipinski definition) is 4. The topological polar surface area (TPSA) is 113 Å². The van der Waals surface area contributed by atoms with Gasteiger partial charge >= 0.3 is 6.03 Å². The molecule has 0 aliphatic carbocycles. The summed E-state index contributed by atoms with van der Waals surface area (Å²) in [7, 11) is 0.